The van der Waals surface area contributed by atoms with E-state index in [0.717, 1.165) is 25.7 Å². The Kier molecular flexibility index (Phi) is 4.24. The Hall–Kier alpha value is -1.04. The maximum atomic E-state index is 13.9. The highest BCUT2D eigenvalue weighted by atomic mass is 19.1. The maximum Gasteiger partial charge on any atom is 0.130 e. The molecule has 0 aliphatic carbocycles. The number of hydrogen-bond acceptors (Lipinski definition) is 3. The first kappa shape index (κ1) is 14.9. The Morgan fingerprint density at radius 3 is 2.48 bits per heavy atom. The third kappa shape index (κ3) is 2.96. The number of hydrogen-bond donors (Lipinski definition) is 1. The Labute approximate surface area is 123 Å². The summed E-state index contributed by atoms with van der Waals surface area (Å²) in [5.74, 6) is -1.09. The summed E-state index contributed by atoms with van der Waals surface area (Å²) in [6, 6.07) is 3.27. The minimum absolute atomic E-state index is 0.00612. The molecule has 1 spiro atoms. The molecule has 2 saturated heterocycles. The van der Waals surface area contributed by atoms with Crippen LogP contribution < -0.4 is 5.73 Å². The SMILES string of the molecule is NC(c1c(F)cccc1F)C1CCOC2(CCOCC2)C1. The Morgan fingerprint density at radius 2 is 1.81 bits per heavy atom. The van der Waals surface area contributed by atoms with Crippen molar-refractivity contribution in [2.75, 3.05) is 19.8 Å². The molecule has 21 heavy (non-hydrogen) atoms. The fourth-order valence-corrected chi connectivity index (χ4v) is 3.53. The maximum absolute atomic E-state index is 13.9. The van der Waals surface area contributed by atoms with Gasteiger partial charge < -0.3 is 15.2 Å². The number of nitrogens with two attached hydrogens (primary N) is 1. The number of rotatable bonds is 2. The van der Waals surface area contributed by atoms with Gasteiger partial charge in [-0.15, -0.1) is 0 Å². The first-order valence-corrected chi connectivity index (χ1v) is 7.52. The summed E-state index contributed by atoms with van der Waals surface area (Å²) in [6.07, 6.45) is 3.13. The van der Waals surface area contributed by atoms with Crippen molar-refractivity contribution in [3.63, 3.8) is 0 Å². The lowest BCUT2D eigenvalue weighted by atomic mass is 9.76. The van der Waals surface area contributed by atoms with Crippen molar-refractivity contribution in [1.29, 1.82) is 0 Å². The van der Waals surface area contributed by atoms with Gasteiger partial charge in [0, 0.05) is 31.4 Å². The molecule has 2 fully saturated rings. The van der Waals surface area contributed by atoms with Crippen molar-refractivity contribution < 1.29 is 18.3 Å². The molecule has 2 unspecified atom stereocenters. The van der Waals surface area contributed by atoms with Crippen molar-refractivity contribution in [1.82, 2.24) is 0 Å². The average Bonchev–Trinajstić information content (AvgIpc) is 2.48. The number of ether oxygens (including phenoxy) is 2. The minimum Gasteiger partial charge on any atom is -0.381 e. The summed E-state index contributed by atoms with van der Waals surface area (Å²) in [6.45, 7) is 1.94. The van der Waals surface area contributed by atoms with Gasteiger partial charge in [0.2, 0.25) is 0 Å². The molecular weight excluding hydrogens is 276 g/mol. The molecule has 0 aromatic heterocycles. The molecule has 3 nitrogen and oxygen atoms in total. The van der Waals surface area contributed by atoms with Crippen molar-refractivity contribution in [2.24, 2.45) is 11.7 Å². The predicted molar refractivity (Wildman–Crippen MR) is 74.7 cm³/mol. The van der Waals surface area contributed by atoms with Gasteiger partial charge in [0.05, 0.1) is 5.60 Å². The summed E-state index contributed by atoms with van der Waals surface area (Å²) in [5.41, 5.74) is 5.98. The van der Waals surface area contributed by atoms with Crippen molar-refractivity contribution >= 4 is 0 Å². The molecule has 5 heteroatoms. The van der Waals surface area contributed by atoms with Gasteiger partial charge >= 0.3 is 0 Å². The van der Waals surface area contributed by atoms with Gasteiger partial charge in [-0.2, -0.15) is 0 Å². The monoisotopic (exact) mass is 297 g/mol. The van der Waals surface area contributed by atoms with Crippen molar-refractivity contribution in [2.45, 2.75) is 37.3 Å². The van der Waals surface area contributed by atoms with Crippen LogP contribution in [0.5, 0.6) is 0 Å². The van der Waals surface area contributed by atoms with E-state index in [4.69, 9.17) is 15.2 Å². The summed E-state index contributed by atoms with van der Waals surface area (Å²) < 4.78 is 39.2. The van der Waals surface area contributed by atoms with E-state index >= 15 is 0 Å². The van der Waals surface area contributed by atoms with Crippen LogP contribution in [0.1, 0.15) is 37.3 Å². The van der Waals surface area contributed by atoms with Crippen LogP contribution in [0.3, 0.4) is 0 Å². The van der Waals surface area contributed by atoms with Gasteiger partial charge in [0.15, 0.2) is 0 Å². The zero-order chi connectivity index (χ0) is 14.9. The lowest BCUT2D eigenvalue weighted by Gasteiger charge is -2.44. The van der Waals surface area contributed by atoms with Gasteiger partial charge in [-0.1, -0.05) is 6.07 Å². The highest BCUT2D eigenvalue weighted by Gasteiger charge is 2.41. The second kappa shape index (κ2) is 5.99. The van der Waals surface area contributed by atoms with Crippen molar-refractivity contribution in [3.05, 3.63) is 35.4 Å². The second-order valence-corrected chi connectivity index (χ2v) is 6.06. The molecule has 2 aliphatic rings. The predicted octanol–water partition coefficient (Wildman–Crippen LogP) is 2.94. The van der Waals surface area contributed by atoms with E-state index in [0.29, 0.717) is 19.8 Å². The first-order valence-electron chi connectivity index (χ1n) is 7.52. The fraction of sp³-hybridized carbons (Fsp3) is 0.625. The highest BCUT2D eigenvalue weighted by molar-refractivity contribution is 5.24. The molecule has 0 saturated carbocycles. The lowest BCUT2D eigenvalue weighted by Crippen LogP contribution is -2.46. The van der Waals surface area contributed by atoms with Gasteiger partial charge in [0.1, 0.15) is 11.6 Å². The molecule has 0 bridgehead atoms. The quantitative estimate of drug-likeness (QED) is 0.913. The van der Waals surface area contributed by atoms with Crippen LogP contribution in [0.25, 0.3) is 0 Å². The van der Waals surface area contributed by atoms with E-state index in [1.54, 1.807) is 0 Å². The summed E-state index contributed by atoms with van der Waals surface area (Å²) >= 11 is 0. The molecule has 2 N–H and O–H groups in total. The number of halogens is 2. The van der Waals surface area contributed by atoms with Crippen LogP contribution in [0.15, 0.2) is 18.2 Å². The molecule has 0 amide bonds. The van der Waals surface area contributed by atoms with Crippen LogP contribution in [0, 0.1) is 17.6 Å². The molecule has 1 aromatic rings. The number of benzene rings is 1. The topological polar surface area (TPSA) is 44.5 Å². The van der Waals surface area contributed by atoms with Crippen molar-refractivity contribution in [3.8, 4) is 0 Å². The molecule has 2 aliphatic heterocycles. The third-order valence-corrected chi connectivity index (χ3v) is 4.78. The van der Waals surface area contributed by atoms with Crippen LogP contribution in [-0.4, -0.2) is 25.4 Å². The smallest absolute Gasteiger partial charge is 0.130 e. The van der Waals surface area contributed by atoms with Gasteiger partial charge in [-0.3, -0.25) is 0 Å². The summed E-state index contributed by atoms with van der Waals surface area (Å²) in [4.78, 5) is 0. The van der Waals surface area contributed by atoms with Gasteiger partial charge in [-0.25, -0.2) is 8.78 Å². The Bertz CT molecular complexity index is 477. The molecule has 2 atom stereocenters. The first-order chi connectivity index (χ1) is 10.1. The molecule has 2 heterocycles. The zero-order valence-electron chi connectivity index (χ0n) is 12.0. The van der Waals surface area contributed by atoms with E-state index in [1.807, 2.05) is 0 Å². The van der Waals surface area contributed by atoms with E-state index in [9.17, 15) is 8.78 Å². The molecule has 0 radical (unpaired) electrons. The fourth-order valence-electron chi connectivity index (χ4n) is 3.53. The van der Waals surface area contributed by atoms with E-state index in [2.05, 4.69) is 0 Å². The van der Waals surface area contributed by atoms with Gasteiger partial charge in [0.25, 0.3) is 0 Å². The van der Waals surface area contributed by atoms with E-state index < -0.39 is 17.7 Å². The summed E-state index contributed by atoms with van der Waals surface area (Å²) in [7, 11) is 0. The van der Waals surface area contributed by atoms with E-state index in [-0.39, 0.29) is 17.1 Å². The standard InChI is InChI=1S/C16H21F2NO2/c17-12-2-1-3-13(18)14(12)15(19)11-4-7-21-16(10-11)5-8-20-9-6-16/h1-3,11,15H,4-10,19H2. The molecular formula is C16H21F2NO2. The van der Waals surface area contributed by atoms with Crippen LogP contribution in [0.2, 0.25) is 0 Å². The normalized spacial score (nSPS) is 26.7. The van der Waals surface area contributed by atoms with Crippen LogP contribution >= 0.6 is 0 Å². The van der Waals surface area contributed by atoms with Crippen LogP contribution in [0.4, 0.5) is 8.78 Å². The van der Waals surface area contributed by atoms with E-state index in [1.165, 1.54) is 18.2 Å². The third-order valence-electron chi connectivity index (χ3n) is 4.78. The summed E-state index contributed by atoms with van der Waals surface area (Å²) in [5, 5.41) is 0. The highest BCUT2D eigenvalue weighted by Crippen LogP contribution is 2.41. The Morgan fingerprint density at radius 1 is 1.14 bits per heavy atom. The van der Waals surface area contributed by atoms with Crippen LogP contribution in [-0.2, 0) is 9.47 Å². The average molecular weight is 297 g/mol. The van der Waals surface area contributed by atoms with Gasteiger partial charge in [-0.05, 0) is 43.7 Å². The zero-order valence-corrected chi connectivity index (χ0v) is 12.0. The minimum atomic E-state index is -0.630. The Balaban J connectivity index is 1.79. The lowest BCUT2D eigenvalue weighted by molar-refractivity contribution is -0.149. The molecule has 1 aromatic carbocycles. The largest absolute Gasteiger partial charge is 0.381 e. The second-order valence-electron chi connectivity index (χ2n) is 6.06. The molecule has 116 valence electrons. The molecule has 3 rings (SSSR count).